The van der Waals surface area contributed by atoms with Gasteiger partial charge in [0.2, 0.25) is 0 Å². The van der Waals surface area contributed by atoms with E-state index in [2.05, 4.69) is 43.1 Å². The second-order valence-electron chi connectivity index (χ2n) is 6.58. The van der Waals surface area contributed by atoms with Crippen molar-refractivity contribution in [1.82, 2.24) is 10.2 Å². The Labute approximate surface area is 126 Å². The Morgan fingerprint density at radius 1 is 1.19 bits per heavy atom. The number of aromatic hydroxyl groups is 1. The molecule has 0 amide bonds. The summed E-state index contributed by atoms with van der Waals surface area (Å²) in [6, 6.07) is 12.4. The number of nitrogens with zero attached hydrogens (tertiary/aromatic N) is 1. The first kappa shape index (κ1) is 14.4. The van der Waals surface area contributed by atoms with Crippen LogP contribution in [-0.2, 0) is 0 Å². The molecular weight excluding hydrogens is 260 g/mol. The molecule has 0 spiro atoms. The fourth-order valence-corrected chi connectivity index (χ4v) is 3.49. The van der Waals surface area contributed by atoms with E-state index in [1.54, 1.807) is 0 Å². The van der Waals surface area contributed by atoms with Crippen molar-refractivity contribution in [3.8, 4) is 5.75 Å². The van der Waals surface area contributed by atoms with Gasteiger partial charge < -0.3 is 10.4 Å². The highest BCUT2D eigenvalue weighted by atomic mass is 16.3. The Balaban J connectivity index is 2.01. The van der Waals surface area contributed by atoms with Crippen LogP contribution < -0.4 is 5.32 Å². The fourth-order valence-electron chi connectivity index (χ4n) is 3.49. The van der Waals surface area contributed by atoms with E-state index in [0.29, 0.717) is 5.75 Å². The molecule has 2 aromatic carbocycles. The number of fused-ring (bicyclic) bond motifs is 1. The summed E-state index contributed by atoms with van der Waals surface area (Å²) >= 11 is 0. The van der Waals surface area contributed by atoms with Crippen LogP contribution in [0.4, 0.5) is 0 Å². The number of phenolic OH excluding ortho intramolecular Hbond substituents is 1. The highest BCUT2D eigenvalue weighted by molar-refractivity contribution is 5.89. The number of piperazine rings is 1. The SMILES string of the molecule is CC(c1ccc2ccccc2c1O)N1CCNCC1(C)C. The van der Waals surface area contributed by atoms with E-state index >= 15 is 0 Å². The number of phenols is 1. The molecular formula is C18H24N2O. The van der Waals surface area contributed by atoms with E-state index in [-0.39, 0.29) is 11.6 Å². The van der Waals surface area contributed by atoms with Crippen LogP contribution in [0.2, 0.25) is 0 Å². The van der Waals surface area contributed by atoms with Crippen LogP contribution in [0.3, 0.4) is 0 Å². The molecule has 1 saturated heterocycles. The van der Waals surface area contributed by atoms with E-state index in [1.165, 1.54) is 0 Å². The fraction of sp³-hybridized carbons (Fsp3) is 0.444. The minimum absolute atomic E-state index is 0.0930. The first-order valence-corrected chi connectivity index (χ1v) is 7.69. The van der Waals surface area contributed by atoms with Gasteiger partial charge in [-0.1, -0.05) is 36.4 Å². The molecule has 2 aromatic rings. The van der Waals surface area contributed by atoms with Crippen molar-refractivity contribution in [3.63, 3.8) is 0 Å². The van der Waals surface area contributed by atoms with Gasteiger partial charge in [-0.25, -0.2) is 0 Å². The summed E-state index contributed by atoms with van der Waals surface area (Å²) in [6.45, 7) is 9.69. The average Bonchev–Trinajstić information content (AvgIpc) is 2.47. The zero-order chi connectivity index (χ0) is 15.0. The first-order chi connectivity index (χ1) is 10.0. The molecule has 112 valence electrons. The monoisotopic (exact) mass is 284 g/mol. The van der Waals surface area contributed by atoms with E-state index < -0.39 is 0 Å². The van der Waals surface area contributed by atoms with Gasteiger partial charge in [-0.05, 0) is 26.2 Å². The number of rotatable bonds is 2. The maximum Gasteiger partial charge on any atom is 0.128 e. The Morgan fingerprint density at radius 3 is 2.71 bits per heavy atom. The normalized spacial score (nSPS) is 20.5. The number of benzene rings is 2. The second-order valence-corrected chi connectivity index (χ2v) is 6.58. The summed E-state index contributed by atoms with van der Waals surface area (Å²) in [5.41, 5.74) is 1.11. The summed E-state index contributed by atoms with van der Waals surface area (Å²) in [7, 11) is 0. The largest absolute Gasteiger partial charge is 0.507 e. The molecule has 3 rings (SSSR count). The van der Waals surface area contributed by atoms with Crippen molar-refractivity contribution in [2.24, 2.45) is 0 Å². The Kier molecular flexibility index (Phi) is 3.64. The molecule has 3 heteroatoms. The van der Waals surface area contributed by atoms with Crippen molar-refractivity contribution in [1.29, 1.82) is 0 Å². The van der Waals surface area contributed by atoms with E-state index in [1.807, 2.05) is 24.3 Å². The molecule has 0 aliphatic carbocycles. The summed E-state index contributed by atoms with van der Waals surface area (Å²) in [5, 5.41) is 16.2. The number of nitrogens with one attached hydrogen (secondary N) is 1. The van der Waals surface area contributed by atoms with Gasteiger partial charge in [0.1, 0.15) is 5.75 Å². The predicted molar refractivity (Wildman–Crippen MR) is 87.7 cm³/mol. The second kappa shape index (κ2) is 5.32. The van der Waals surface area contributed by atoms with Gasteiger partial charge in [-0.15, -0.1) is 0 Å². The molecule has 21 heavy (non-hydrogen) atoms. The third-order valence-corrected chi connectivity index (χ3v) is 4.71. The quantitative estimate of drug-likeness (QED) is 0.888. The third kappa shape index (κ3) is 2.52. The topological polar surface area (TPSA) is 35.5 Å². The van der Waals surface area contributed by atoms with Gasteiger partial charge in [-0.2, -0.15) is 0 Å². The summed E-state index contributed by atoms with van der Waals surface area (Å²) in [4.78, 5) is 2.48. The van der Waals surface area contributed by atoms with Crippen LogP contribution in [0.1, 0.15) is 32.4 Å². The van der Waals surface area contributed by atoms with Gasteiger partial charge >= 0.3 is 0 Å². The molecule has 3 nitrogen and oxygen atoms in total. The van der Waals surface area contributed by atoms with E-state index in [4.69, 9.17) is 0 Å². The lowest BCUT2D eigenvalue weighted by molar-refractivity contribution is 0.0508. The molecule has 0 radical (unpaired) electrons. The molecule has 1 heterocycles. The smallest absolute Gasteiger partial charge is 0.128 e. The molecule has 1 atom stereocenters. The lowest BCUT2D eigenvalue weighted by atomic mass is 9.93. The minimum atomic E-state index is 0.0930. The van der Waals surface area contributed by atoms with Crippen molar-refractivity contribution in [2.45, 2.75) is 32.4 Å². The number of hydrogen-bond donors (Lipinski definition) is 2. The zero-order valence-electron chi connectivity index (χ0n) is 13.1. The Morgan fingerprint density at radius 2 is 1.95 bits per heavy atom. The van der Waals surface area contributed by atoms with Gasteiger partial charge in [0.05, 0.1) is 0 Å². The Hall–Kier alpha value is -1.58. The summed E-state index contributed by atoms with van der Waals surface area (Å²) < 4.78 is 0. The molecule has 1 aliphatic heterocycles. The van der Waals surface area contributed by atoms with Gasteiger partial charge in [0.15, 0.2) is 0 Å². The standard InChI is InChI=1S/C18H24N2O/c1-13(20-11-10-19-12-18(20,2)3)15-9-8-14-6-4-5-7-16(14)17(15)21/h4-9,13,19,21H,10-12H2,1-3H3. The molecule has 0 bridgehead atoms. The molecule has 0 aromatic heterocycles. The molecule has 2 N–H and O–H groups in total. The first-order valence-electron chi connectivity index (χ1n) is 7.69. The molecule has 1 fully saturated rings. The van der Waals surface area contributed by atoms with E-state index in [9.17, 15) is 5.11 Å². The lowest BCUT2D eigenvalue weighted by Crippen LogP contribution is -2.58. The zero-order valence-corrected chi connectivity index (χ0v) is 13.1. The minimum Gasteiger partial charge on any atom is -0.507 e. The third-order valence-electron chi connectivity index (χ3n) is 4.71. The van der Waals surface area contributed by atoms with Crippen LogP contribution in [0.5, 0.6) is 5.75 Å². The van der Waals surface area contributed by atoms with Crippen molar-refractivity contribution >= 4 is 10.8 Å². The van der Waals surface area contributed by atoms with Crippen LogP contribution in [-0.4, -0.2) is 35.2 Å². The van der Waals surface area contributed by atoms with Gasteiger partial charge in [0.25, 0.3) is 0 Å². The highest BCUT2D eigenvalue weighted by Gasteiger charge is 2.34. The maximum atomic E-state index is 10.7. The number of hydrogen-bond acceptors (Lipinski definition) is 3. The van der Waals surface area contributed by atoms with Crippen LogP contribution >= 0.6 is 0 Å². The van der Waals surface area contributed by atoms with Gasteiger partial charge in [-0.3, -0.25) is 4.90 Å². The molecule has 1 unspecified atom stereocenters. The summed E-state index contributed by atoms with van der Waals surface area (Å²) in [6.07, 6.45) is 0. The van der Waals surface area contributed by atoms with Crippen LogP contribution in [0.15, 0.2) is 36.4 Å². The summed E-state index contributed by atoms with van der Waals surface area (Å²) in [5.74, 6) is 0.426. The Bertz CT molecular complexity index is 651. The molecule has 0 saturated carbocycles. The van der Waals surface area contributed by atoms with Crippen LogP contribution in [0, 0.1) is 0 Å². The van der Waals surface area contributed by atoms with Gasteiger partial charge in [0, 0.05) is 42.2 Å². The van der Waals surface area contributed by atoms with Crippen molar-refractivity contribution in [3.05, 3.63) is 42.0 Å². The predicted octanol–water partition coefficient (Wildman–Crippen LogP) is 3.29. The maximum absolute atomic E-state index is 10.7. The van der Waals surface area contributed by atoms with Crippen LogP contribution in [0.25, 0.3) is 10.8 Å². The highest BCUT2D eigenvalue weighted by Crippen LogP contribution is 2.37. The lowest BCUT2D eigenvalue weighted by Gasteiger charge is -2.46. The average molecular weight is 284 g/mol. The van der Waals surface area contributed by atoms with E-state index in [0.717, 1.165) is 36.0 Å². The van der Waals surface area contributed by atoms with Crippen molar-refractivity contribution < 1.29 is 5.11 Å². The van der Waals surface area contributed by atoms with Crippen molar-refractivity contribution in [2.75, 3.05) is 19.6 Å². The molecule has 1 aliphatic rings.